The molecule has 2 N–H and O–H groups in total. The van der Waals surface area contributed by atoms with Gasteiger partial charge in [0.1, 0.15) is 5.69 Å². The number of para-hydroxylation sites is 1. The van der Waals surface area contributed by atoms with Crippen LogP contribution in [-0.4, -0.2) is 51.5 Å². The molecule has 2 heterocycles. The third-order valence-electron chi connectivity index (χ3n) is 5.79. The zero-order chi connectivity index (χ0) is 22.5. The van der Waals surface area contributed by atoms with Crippen LogP contribution in [0.25, 0.3) is 11.3 Å². The Hall–Kier alpha value is -3.58. The van der Waals surface area contributed by atoms with Gasteiger partial charge in [-0.1, -0.05) is 30.3 Å². The summed E-state index contributed by atoms with van der Waals surface area (Å²) in [7, 11) is 0. The maximum Gasteiger partial charge on any atom is 0.276 e. The molecule has 1 aliphatic rings. The highest BCUT2D eigenvalue weighted by molar-refractivity contribution is 6.03. The summed E-state index contributed by atoms with van der Waals surface area (Å²) >= 11 is 0. The van der Waals surface area contributed by atoms with Crippen molar-refractivity contribution in [3.05, 3.63) is 77.7 Å². The second-order valence-corrected chi connectivity index (χ2v) is 8.00. The monoisotopic (exact) mass is 434 g/mol. The molecule has 7 heteroatoms. The summed E-state index contributed by atoms with van der Waals surface area (Å²) in [6.07, 6.45) is 3.28. The molecule has 7 nitrogen and oxygen atoms in total. The van der Waals surface area contributed by atoms with Gasteiger partial charge in [-0.15, -0.1) is 0 Å². The van der Waals surface area contributed by atoms with Crippen molar-refractivity contribution in [3.63, 3.8) is 0 Å². The Labute approximate surface area is 190 Å². The van der Waals surface area contributed by atoms with Gasteiger partial charge in [-0.3, -0.25) is 14.6 Å². The van der Waals surface area contributed by atoms with Crippen molar-refractivity contribution in [1.82, 2.24) is 14.9 Å². The molecule has 0 atom stereocenters. The molecule has 0 saturated carbocycles. The first-order valence-corrected chi connectivity index (χ1v) is 10.8. The normalized spacial score (nSPS) is 14.2. The van der Waals surface area contributed by atoms with E-state index in [1.165, 1.54) is 0 Å². The van der Waals surface area contributed by atoms with E-state index in [0.717, 1.165) is 18.4 Å². The van der Waals surface area contributed by atoms with E-state index in [0.29, 0.717) is 35.7 Å². The minimum atomic E-state index is -0.318. The molecule has 168 valence electrons. The third-order valence-corrected chi connectivity index (χ3v) is 5.79. The van der Waals surface area contributed by atoms with Crippen molar-refractivity contribution in [3.8, 4) is 11.3 Å². The van der Waals surface area contributed by atoms with Crippen LogP contribution in [0, 0.1) is 12.8 Å². The van der Waals surface area contributed by atoms with Crippen LogP contribution in [0.2, 0.25) is 0 Å². The van der Waals surface area contributed by atoms with Crippen LogP contribution < -0.4 is 5.32 Å². The Bertz CT molecular complexity index is 1100. The highest BCUT2D eigenvalue weighted by Gasteiger charge is 2.23. The number of benzene rings is 2. The molecule has 0 bridgehead atoms. The van der Waals surface area contributed by atoms with Gasteiger partial charge in [0.25, 0.3) is 11.8 Å². The number of hydrogen-bond donors (Lipinski definition) is 2. The maximum atomic E-state index is 12.8. The van der Waals surface area contributed by atoms with Gasteiger partial charge in [0.05, 0.1) is 17.6 Å². The molecule has 1 saturated heterocycles. The van der Waals surface area contributed by atoms with E-state index < -0.39 is 0 Å². The molecule has 2 aromatic carbocycles. The molecular weight excluding hydrogens is 404 g/mol. The fourth-order valence-corrected chi connectivity index (χ4v) is 3.80. The molecule has 1 aromatic heterocycles. The van der Waals surface area contributed by atoms with Gasteiger partial charge in [0.15, 0.2) is 0 Å². The summed E-state index contributed by atoms with van der Waals surface area (Å²) in [6, 6.07) is 16.4. The number of hydrogen-bond acceptors (Lipinski definition) is 5. The molecule has 32 heavy (non-hydrogen) atoms. The first kappa shape index (κ1) is 21.6. The zero-order valence-electron chi connectivity index (χ0n) is 18.0. The average molecular weight is 435 g/mol. The summed E-state index contributed by atoms with van der Waals surface area (Å²) < 4.78 is 0. The number of carbonyl (C=O) groups excluding carboxylic acids is 2. The molecule has 3 aromatic rings. The summed E-state index contributed by atoms with van der Waals surface area (Å²) in [5.74, 6) is -0.0400. The van der Waals surface area contributed by atoms with Crippen LogP contribution in [0.3, 0.4) is 0 Å². The smallest absolute Gasteiger partial charge is 0.276 e. The van der Waals surface area contributed by atoms with E-state index in [4.69, 9.17) is 0 Å². The van der Waals surface area contributed by atoms with Crippen molar-refractivity contribution >= 4 is 17.5 Å². The Kier molecular flexibility index (Phi) is 6.56. The van der Waals surface area contributed by atoms with Gasteiger partial charge in [-0.2, -0.15) is 0 Å². The molecule has 0 spiro atoms. The molecular formula is C25H30N4O3. The lowest BCUT2D eigenvalue weighted by Crippen LogP contribution is -2.39. The largest absolute Gasteiger partial charge is 0.396 e. The molecule has 1 fully saturated rings. The van der Waals surface area contributed by atoms with E-state index >= 15 is 0 Å². The number of amides is 2. The fourth-order valence-electron chi connectivity index (χ4n) is 3.80. The number of piperidine rings is 1. The minimum Gasteiger partial charge on any atom is -0.396 e. The van der Waals surface area contributed by atoms with E-state index in [9.17, 15) is 14.7 Å². The van der Waals surface area contributed by atoms with Gasteiger partial charge >= 0.3 is 0 Å². The quantitative estimate of drug-likeness (QED) is 0.632. The van der Waals surface area contributed by atoms with Gasteiger partial charge in [0.2, 0.25) is 0 Å². The highest BCUT2D eigenvalue weighted by atomic mass is 16.3. The number of likely N-dealkylation sites (tertiary alicyclic amines) is 1. The van der Waals surface area contributed by atoms with Crippen LogP contribution in [0.4, 0.5) is 5.69 Å². The topological polar surface area (TPSA) is 95.4 Å². The fraction of sp³-hybridized carbons (Fsp3) is 0.280. The number of nitrogens with zero attached hydrogens (tertiary/aromatic N) is 3. The van der Waals surface area contributed by atoms with Crippen LogP contribution in [-0.2, 0) is 0 Å². The van der Waals surface area contributed by atoms with Crippen molar-refractivity contribution in [2.75, 3.05) is 25.0 Å². The average Bonchev–Trinajstić information content (AvgIpc) is 2.84. The van der Waals surface area contributed by atoms with E-state index in [1.54, 1.807) is 25.3 Å². The summed E-state index contributed by atoms with van der Waals surface area (Å²) in [6.45, 7) is 3.25. The lowest BCUT2D eigenvalue weighted by atomic mass is 9.97. The number of aryl methyl sites for hydroxylation is 1. The molecule has 0 radical (unpaired) electrons. The number of rotatable bonds is 5. The van der Waals surface area contributed by atoms with E-state index in [2.05, 4.69) is 15.3 Å². The Morgan fingerprint density at radius 3 is 2.44 bits per heavy atom. The summed E-state index contributed by atoms with van der Waals surface area (Å²) in [4.78, 5) is 36.2. The molecule has 0 unspecified atom stereocenters. The molecule has 2 amide bonds. The van der Waals surface area contributed by atoms with E-state index in [1.807, 2.05) is 47.4 Å². The van der Waals surface area contributed by atoms with Crippen molar-refractivity contribution in [2.24, 2.45) is 5.92 Å². The van der Waals surface area contributed by atoms with E-state index in [-0.39, 0.29) is 32.9 Å². The number of aromatic nitrogens is 2. The lowest BCUT2D eigenvalue weighted by molar-refractivity contribution is 0.0651. The van der Waals surface area contributed by atoms with Crippen molar-refractivity contribution < 1.29 is 17.5 Å². The Balaban J connectivity index is 0.00000204. The first-order chi connectivity index (χ1) is 15.5. The second-order valence-electron chi connectivity index (χ2n) is 8.00. The number of nitrogens with one attached hydrogen (secondary N) is 1. The van der Waals surface area contributed by atoms with Crippen molar-refractivity contribution in [2.45, 2.75) is 19.8 Å². The predicted octanol–water partition coefficient (Wildman–Crippen LogP) is 4.04. The zero-order valence-corrected chi connectivity index (χ0v) is 18.0. The molecule has 4 rings (SSSR count). The maximum absolute atomic E-state index is 12.8. The molecule has 0 aliphatic carbocycles. The third kappa shape index (κ3) is 4.84. The standard InChI is InChI=1S/C25H26N4O3.2H2/c1-17-23(24(31)27-21-5-3-2-4-6-21)28-22(15-26-17)19-7-9-20(10-8-19)25(32)29-13-11-18(16-30)12-14-29;;/h2-10,15,18,30H,11-14,16H2,1H3,(H,27,31);2*1H. The molecule has 1 aliphatic heterocycles. The number of aliphatic hydroxyl groups is 1. The lowest BCUT2D eigenvalue weighted by Gasteiger charge is -2.31. The Morgan fingerprint density at radius 2 is 1.78 bits per heavy atom. The second kappa shape index (κ2) is 9.70. The Morgan fingerprint density at radius 1 is 1.09 bits per heavy atom. The minimum absolute atomic E-state index is 0. The number of anilines is 1. The van der Waals surface area contributed by atoms with Gasteiger partial charge < -0.3 is 15.3 Å². The van der Waals surface area contributed by atoms with Crippen LogP contribution >= 0.6 is 0 Å². The van der Waals surface area contributed by atoms with Crippen LogP contribution in [0.1, 0.15) is 42.2 Å². The highest BCUT2D eigenvalue weighted by Crippen LogP contribution is 2.22. The SMILES string of the molecule is Cc1ncc(-c2ccc(C(=O)N3CCC(CO)CC3)cc2)nc1C(=O)Nc1ccccc1.[HH].[HH]. The van der Waals surface area contributed by atoms with Gasteiger partial charge in [-0.05, 0) is 49.9 Å². The van der Waals surface area contributed by atoms with Gasteiger partial charge in [-0.25, -0.2) is 4.98 Å². The van der Waals surface area contributed by atoms with Crippen LogP contribution in [0.5, 0.6) is 0 Å². The number of carbonyl (C=O) groups is 2. The van der Waals surface area contributed by atoms with Gasteiger partial charge in [0, 0.05) is 39.4 Å². The summed E-state index contributed by atoms with van der Waals surface area (Å²) in [5, 5.41) is 12.1. The van der Waals surface area contributed by atoms with Crippen LogP contribution in [0.15, 0.2) is 60.8 Å². The van der Waals surface area contributed by atoms with Crippen molar-refractivity contribution in [1.29, 1.82) is 0 Å². The number of aliphatic hydroxyl groups excluding tert-OH is 1. The summed E-state index contributed by atoms with van der Waals surface area (Å²) in [5.41, 5.74) is 3.45. The first-order valence-electron chi connectivity index (χ1n) is 10.8. The predicted molar refractivity (Wildman–Crippen MR) is 127 cm³/mol.